The molecule has 4 atom stereocenters. The Morgan fingerprint density at radius 2 is 2.30 bits per heavy atom. The Morgan fingerprint density at radius 3 is 3.00 bits per heavy atom. The first-order chi connectivity index (χ1) is 9.78. The van der Waals surface area contributed by atoms with Crippen LogP contribution in [0, 0.1) is 17.8 Å². The van der Waals surface area contributed by atoms with Gasteiger partial charge in [-0.2, -0.15) is 0 Å². The maximum atomic E-state index is 13.0. The van der Waals surface area contributed by atoms with Crippen LogP contribution in [0.3, 0.4) is 0 Å². The van der Waals surface area contributed by atoms with Crippen molar-refractivity contribution in [3.05, 3.63) is 34.0 Å². The summed E-state index contributed by atoms with van der Waals surface area (Å²) in [6.45, 7) is 3.13. The van der Waals surface area contributed by atoms with Crippen molar-refractivity contribution in [3.8, 4) is 0 Å². The molecule has 0 N–H and O–H groups in total. The topological polar surface area (TPSA) is 20.3 Å². The number of amides is 1. The van der Waals surface area contributed by atoms with Crippen molar-refractivity contribution in [2.75, 3.05) is 6.54 Å². The third-order valence-electron chi connectivity index (χ3n) is 5.36. The van der Waals surface area contributed by atoms with Crippen LogP contribution in [0.2, 0.25) is 0 Å². The van der Waals surface area contributed by atoms with Crippen LogP contribution in [0.5, 0.6) is 0 Å². The van der Waals surface area contributed by atoms with Crippen molar-refractivity contribution in [2.24, 2.45) is 17.8 Å². The highest BCUT2D eigenvalue weighted by atomic mass is 32.1. The Bertz CT molecular complexity index is 561. The maximum Gasteiger partial charge on any atom is 0.226 e. The molecule has 2 bridgehead atoms. The summed E-state index contributed by atoms with van der Waals surface area (Å²) in [6, 6.07) is 2.55. The van der Waals surface area contributed by atoms with Crippen LogP contribution in [0.1, 0.15) is 42.7 Å². The average molecular weight is 287 g/mol. The number of carbonyl (C=O) groups is 1. The molecular formula is C17H21NOS. The normalized spacial score (nSPS) is 34.5. The van der Waals surface area contributed by atoms with E-state index in [2.05, 4.69) is 35.4 Å². The molecule has 1 fully saturated rings. The van der Waals surface area contributed by atoms with E-state index in [9.17, 15) is 4.79 Å². The highest BCUT2D eigenvalue weighted by Crippen LogP contribution is 2.46. The quantitative estimate of drug-likeness (QED) is 0.758. The van der Waals surface area contributed by atoms with Gasteiger partial charge in [0, 0.05) is 17.3 Å². The Hall–Kier alpha value is -1.09. The average Bonchev–Trinajstić information content (AvgIpc) is 3.20. The van der Waals surface area contributed by atoms with Gasteiger partial charge in [0.2, 0.25) is 5.91 Å². The second-order valence-electron chi connectivity index (χ2n) is 6.39. The van der Waals surface area contributed by atoms with E-state index in [0.717, 1.165) is 25.8 Å². The summed E-state index contributed by atoms with van der Waals surface area (Å²) in [5, 5.41) is 2.18. The summed E-state index contributed by atoms with van der Waals surface area (Å²) >= 11 is 1.85. The number of thiophene rings is 1. The van der Waals surface area contributed by atoms with Gasteiger partial charge in [-0.3, -0.25) is 4.79 Å². The zero-order valence-corrected chi connectivity index (χ0v) is 12.7. The van der Waals surface area contributed by atoms with Gasteiger partial charge in [-0.1, -0.05) is 19.1 Å². The Labute approximate surface area is 124 Å². The lowest BCUT2D eigenvalue weighted by molar-refractivity contribution is -0.139. The summed E-state index contributed by atoms with van der Waals surface area (Å²) in [6.07, 6.45) is 8.99. The van der Waals surface area contributed by atoms with Crippen molar-refractivity contribution in [3.63, 3.8) is 0 Å². The molecule has 0 radical (unpaired) electrons. The number of nitrogens with zero attached hydrogens (tertiary/aromatic N) is 1. The minimum atomic E-state index is 0.263. The Morgan fingerprint density at radius 1 is 1.40 bits per heavy atom. The summed E-state index contributed by atoms with van der Waals surface area (Å²) in [4.78, 5) is 16.7. The fraction of sp³-hybridized carbons (Fsp3) is 0.588. The van der Waals surface area contributed by atoms with Crippen LogP contribution >= 0.6 is 11.3 Å². The molecule has 1 amide bonds. The van der Waals surface area contributed by atoms with Gasteiger partial charge in [-0.15, -0.1) is 11.3 Å². The highest BCUT2D eigenvalue weighted by Gasteiger charge is 2.43. The molecule has 1 saturated carbocycles. The molecule has 20 heavy (non-hydrogen) atoms. The molecule has 4 rings (SSSR count). The van der Waals surface area contributed by atoms with E-state index in [0.29, 0.717) is 23.8 Å². The highest BCUT2D eigenvalue weighted by molar-refractivity contribution is 7.10. The number of hydrogen-bond donors (Lipinski definition) is 0. The molecule has 2 nitrogen and oxygen atoms in total. The molecule has 3 aliphatic rings. The van der Waals surface area contributed by atoms with Crippen molar-refractivity contribution in [1.82, 2.24) is 4.90 Å². The Balaban J connectivity index is 1.59. The molecule has 3 heteroatoms. The van der Waals surface area contributed by atoms with Gasteiger partial charge in [0.15, 0.2) is 0 Å². The molecule has 0 unspecified atom stereocenters. The van der Waals surface area contributed by atoms with Gasteiger partial charge in [0.05, 0.1) is 6.04 Å². The molecule has 106 valence electrons. The molecule has 2 aliphatic carbocycles. The predicted octanol–water partition coefficient (Wildman–Crippen LogP) is 3.80. The van der Waals surface area contributed by atoms with Crippen molar-refractivity contribution >= 4 is 17.2 Å². The molecule has 0 saturated heterocycles. The lowest BCUT2D eigenvalue weighted by Crippen LogP contribution is -2.43. The number of hydrogen-bond acceptors (Lipinski definition) is 2. The van der Waals surface area contributed by atoms with E-state index in [4.69, 9.17) is 0 Å². The number of rotatable bonds is 2. The lowest BCUT2D eigenvalue weighted by Gasteiger charge is -2.38. The summed E-state index contributed by atoms with van der Waals surface area (Å²) in [5.41, 5.74) is 1.41. The Kier molecular flexibility index (Phi) is 2.99. The molecule has 2 heterocycles. The first-order valence-corrected chi connectivity index (χ1v) is 8.71. The summed E-state index contributed by atoms with van der Waals surface area (Å²) in [5.74, 6) is 1.88. The van der Waals surface area contributed by atoms with Crippen LogP contribution in [-0.2, 0) is 11.2 Å². The second kappa shape index (κ2) is 4.73. The van der Waals surface area contributed by atoms with Crippen molar-refractivity contribution in [1.29, 1.82) is 0 Å². The van der Waals surface area contributed by atoms with Crippen LogP contribution in [0.25, 0.3) is 0 Å². The fourth-order valence-corrected chi connectivity index (χ4v) is 5.31. The molecule has 1 aromatic rings. The summed E-state index contributed by atoms with van der Waals surface area (Å²) in [7, 11) is 0. The van der Waals surface area contributed by atoms with Crippen LogP contribution < -0.4 is 0 Å². The molecule has 0 aromatic carbocycles. The maximum absolute atomic E-state index is 13.0. The van der Waals surface area contributed by atoms with E-state index >= 15 is 0 Å². The number of carbonyl (C=O) groups excluding carboxylic acids is 1. The molecule has 1 aliphatic heterocycles. The van der Waals surface area contributed by atoms with Gasteiger partial charge >= 0.3 is 0 Å². The fourth-order valence-electron chi connectivity index (χ4n) is 4.38. The van der Waals surface area contributed by atoms with Crippen molar-refractivity contribution in [2.45, 2.75) is 38.6 Å². The minimum absolute atomic E-state index is 0.263. The molecular weight excluding hydrogens is 266 g/mol. The molecule has 1 aromatic heterocycles. The van der Waals surface area contributed by atoms with Gasteiger partial charge in [0.1, 0.15) is 0 Å². The standard InChI is InChI=1S/C17H21NOS/c1-2-15-13-6-8-20-16(13)5-7-18(15)17(19)14-10-11-3-4-12(14)9-11/h3-4,6,8,11-12,14-15H,2,5,7,9-10H2,1H3/t11-,12-,14-,15+/m0/s1. The SMILES string of the molecule is CC[C@@H]1c2ccsc2CCN1C(=O)[C@H]1C[C@H]2C=C[C@H]1C2. The van der Waals surface area contributed by atoms with Gasteiger partial charge < -0.3 is 4.90 Å². The monoisotopic (exact) mass is 287 g/mol. The van der Waals surface area contributed by atoms with Crippen molar-refractivity contribution < 1.29 is 4.79 Å². The van der Waals surface area contributed by atoms with Crippen LogP contribution in [0.4, 0.5) is 0 Å². The lowest BCUT2D eigenvalue weighted by atomic mass is 9.89. The van der Waals surface area contributed by atoms with E-state index in [1.807, 2.05) is 11.3 Å². The van der Waals surface area contributed by atoms with Gasteiger partial charge in [-0.25, -0.2) is 0 Å². The molecule has 0 spiro atoms. The van der Waals surface area contributed by atoms with E-state index in [-0.39, 0.29) is 5.92 Å². The number of allylic oxidation sites excluding steroid dienone is 2. The third kappa shape index (κ3) is 1.79. The summed E-state index contributed by atoms with van der Waals surface area (Å²) < 4.78 is 0. The van der Waals surface area contributed by atoms with Gasteiger partial charge in [0.25, 0.3) is 0 Å². The first-order valence-electron chi connectivity index (χ1n) is 7.83. The second-order valence-corrected chi connectivity index (χ2v) is 7.39. The zero-order valence-electron chi connectivity index (χ0n) is 11.9. The minimum Gasteiger partial charge on any atom is -0.335 e. The first kappa shape index (κ1) is 12.6. The smallest absolute Gasteiger partial charge is 0.226 e. The van der Waals surface area contributed by atoms with Gasteiger partial charge in [-0.05, 0) is 54.5 Å². The van der Waals surface area contributed by atoms with E-state index < -0.39 is 0 Å². The van der Waals surface area contributed by atoms with E-state index in [1.54, 1.807) is 0 Å². The largest absolute Gasteiger partial charge is 0.335 e. The van der Waals surface area contributed by atoms with Crippen LogP contribution in [-0.4, -0.2) is 17.4 Å². The number of fused-ring (bicyclic) bond motifs is 3. The van der Waals surface area contributed by atoms with Crippen LogP contribution in [0.15, 0.2) is 23.6 Å². The zero-order chi connectivity index (χ0) is 13.7. The third-order valence-corrected chi connectivity index (χ3v) is 6.36. The predicted molar refractivity (Wildman–Crippen MR) is 81.6 cm³/mol. The van der Waals surface area contributed by atoms with E-state index in [1.165, 1.54) is 16.9 Å².